The summed E-state index contributed by atoms with van der Waals surface area (Å²) in [6.45, 7) is 4.38. The minimum atomic E-state index is 0.540. The van der Waals surface area contributed by atoms with Crippen molar-refractivity contribution >= 4 is 23.1 Å². The minimum absolute atomic E-state index is 0.540. The Kier molecular flexibility index (Phi) is 4.60. The van der Waals surface area contributed by atoms with Crippen LogP contribution in [0.15, 0.2) is 30.5 Å². The quantitative estimate of drug-likeness (QED) is 0.937. The molecule has 1 aliphatic heterocycles. The molecule has 6 nitrogen and oxygen atoms in total. The van der Waals surface area contributed by atoms with Crippen LogP contribution in [0.5, 0.6) is 0 Å². The van der Waals surface area contributed by atoms with Gasteiger partial charge in [-0.05, 0) is 43.0 Å². The van der Waals surface area contributed by atoms with Gasteiger partial charge in [-0.1, -0.05) is 6.92 Å². The summed E-state index contributed by atoms with van der Waals surface area (Å²) >= 11 is 0. The molecule has 0 spiro atoms. The van der Waals surface area contributed by atoms with Crippen LogP contribution in [0.1, 0.15) is 19.8 Å². The van der Waals surface area contributed by atoms with Gasteiger partial charge in [0.05, 0.1) is 6.20 Å². The smallest absolute Gasteiger partial charge is 0.249 e. The van der Waals surface area contributed by atoms with E-state index in [0.29, 0.717) is 5.95 Å². The number of nitrogens with zero attached hydrogens (tertiary/aromatic N) is 5. The Balaban J connectivity index is 1.70. The highest BCUT2D eigenvalue weighted by Crippen LogP contribution is 2.22. The van der Waals surface area contributed by atoms with E-state index in [-0.39, 0.29) is 0 Å². The van der Waals surface area contributed by atoms with E-state index >= 15 is 0 Å². The van der Waals surface area contributed by atoms with Crippen LogP contribution in [0.3, 0.4) is 0 Å². The first-order valence-electron chi connectivity index (χ1n) is 8.11. The number of piperidine rings is 1. The van der Waals surface area contributed by atoms with Gasteiger partial charge in [0.25, 0.3) is 0 Å². The highest BCUT2D eigenvalue weighted by Gasteiger charge is 2.17. The maximum atomic E-state index is 4.61. The van der Waals surface area contributed by atoms with Crippen LogP contribution in [0, 0.1) is 5.92 Å². The van der Waals surface area contributed by atoms with Crippen LogP contribution in [-0.4, -0.2) is 42.4 Å². The largest absolute Gasteiger partial charge is 0.378 e. The van der Waals surface area contributed by atoms with Crippen LogP contribution in [0.4, 0.5) is 23.1 Å². The summed E-state index contributed by atoms with van der Waals surface area (Å²) in [4.78, 5) is 8.96. The van der Waals surface area contributed by atoms with Gasteiger partial charge in [-0.3, -0.25) is 0 Å². The Morgan fingerprint density at radius 2 is 1.83 bits per heavy atom. The van der Waals surface area contributed by atoms with Crippen LogP contribution < -0.4 is 15.1 Å². The van der Waals surface area contributed by atoms with Gasteiger partial charge in [0.15, 0.2) is 5.82 Å². The maximum absolute atomic E-state index is 4.61. The molecule has 0 unspecified atom stereocenters. The van der Waals surface area contributed by atoms with Crippen molar-refractivity contribution in [2.75, 3.05) is 42.3 Å². The lowest BCUT2D eigenvalue weighted by molar-refractivity contribution is 0.436. The van der Waals surface area contributed by atoms with Gasteiger partial charge in [-0.15, -0.1) is 5.10 Å². The van der Waals surface area contributed by atoms with Crippen molar-refractivity contribution in [1.29, 1.82) is 0 Å². The van der Waals surface area contributed by atoms with Crippen LogP contribution in [-0.2, 0) is 0 Å². The van der Waals surface area contributed by atoms with Crippen LogP contribution in [0.25, 0.3) is 0 Å². The first-order valence-corrected chi connectivity index (χ1v) is 8.11. The van der Waals surface area contributed by atoms with Crippen LogP contribution in [0.2, 0.25) is 0 Å². The van der Waals surface area contributed by atoms with Gasteiger partial charge < -0.3 is 15.1 Å². The molecule has 23 heavy (non-hydrogen) atoms. The molecule has 1 saturated heterocycles. The Morgan fingerprint density at radius 3 is 2.48 bits per heavy atom. The third-order valence-corrected chi connectivity index (χ3v) is 4.29. The second-order valence-electron chi connectivity index (χ2n) is 6.37. The van der Waals surface area contributed by atoms with Gasteiger partial charge in [-0.25, -0.2) is 0 Å². The molecule has 1 aromatic heterocycles. The summed E-state index contributed by atoms with van der Waals surface area (Å²) < 4.78 is 0. The number of benzene rings is 1. The number of hydrogen-bond donors (Lipinski definition) is 1. The molecule has 3 rings (SSSR count). The van der Waals surface area contributed by atoms with Crippen molar-refractivity contribution < 1.29 is 0 Å². The fraction of sp³-hybridized carbons (Fsp3) is 0.471. The molecule has 1 aliphatic rings. The molecule has 1 aromatic carbocycles. The average Bonchev–Trinajstić information content (AvgIpc) is 2.56. The third-order valence-electron chi connectivity index (χ3n) is 4.29. The van der Waals surface area contributed by atoms with E-state index in [1.165, 1.54) is 12.8 Å². The Bertz CT molecular complexity index is 632. The van der Waals surface area contributed by atoms with Gasteiger partial charge in [0.2, 0.25) is 5.95 Å². The molecule has 1 N–H and O–H groups in total. The molecule has 0 amide bonds. The maximum Gasteiger partial charge on any atom is 0.249 e. The van der Waals surface area contributed by atoms with Crippen molar-refractivity contribution in [2.45, 2.75) is 19.8 Å². The van der Waals surface area contributed by atoms with Gasteiger partial charge in [0, 0.05) is 38.6 Å². The summed E-state index contributed by atoms with van der Waals surface area (Å²) in [7, 11) is 4.05. The molecule has 6 heteroatoms. The normalized spacial score (nSPS) is 15.5. The number of nitrogens with one attached hydrogen (secondary N) is 1. The predicted molar refractivity (Wildman–Crippen MR) is 94.5 cm³/mol. The molecule has 0 saturated carbocycles. The second-order valence-corrected chi connectivity index (χ2v) is 6.37. The first kappa shape index (κ1) is 15.5. The molecule has 0 bridgehead atoms. The van der Waals surface area contributed by atoms with E-state index in [0.717, 1.165) is 36.2 Å². The van der Waals surface area contributed by atoms with Crippen LogP contribution >= 0.6 is 0 Å². The van der Waals surface area contributed by atoms with E-state index in [4.69, 9.17) is 0 Å². The minimum Gasteiger partial charge on any atom is -0.378 e. The standard InChI is InChI=1S/C17H24N6/c1-13-8-10-23(11-9-13)16-12-18-21-17(20-16)19-14-4-6-15(7-5-14)22(2)3/h4-7,12-13H,8-11H2,1-3H3,(H,19,20,21). The molecular formula is C17H24N6. The first-order chi connectivity index (χ1) is 11.1. The number of aromatic nitrogens is 3. The second kappa shape index (κ2) is 6.81. The van der Waals surface area contributed by atoms with Gasteiger partial charge in [0.1, 0.15) is 0 Å². The van der Waals surface area contributed by atoms with Crippen molar-refractivity contribution in [3.05, 3.63) is 30.5 Å². The van der Waals surface area contributed by atoms with E-state index in [2.05, 4.69) is 49.4 Å². The lowest BCUT2D eigenvalue weighted by Crippen LogP contribution is -2.33. The highest BCUT2D eigenvalue weighted by atomic mass is 15.3. The number of hydrogen-bond acceptors (Lipinski definition) is 6. The zero-order valence-electron chi connectivity index (χ0n) is 14.0. The fourth-order valence-electron chi connectivity index (χ4n) is 2.71. The average molecular weight is 312 g/mol. The zero-order valence-corrected chi connectivity index (χ0v) is 14.0. The number of rotatable bonds is 4. The summed E-state index contributed by atoms with van der Waals surface area (Å²) in [5, 5.41) is 11.4. The zero-order chi connectivity index (χ0) is 16.2. The SMILES string of the molecule is CC1CCN(c2cnnc(Nc3ccc(N(C)C)cc3)n2)CC1. The monoisotopic (exact) mass is 312 g/mol. The van der Waals surface area contributed by atoms with E-state index in [9.17, 15) is 0 Å². The molecule has 2 aromatic rings. The molecule has 1 fully saturated rings. The van der Waals surface area contributed by atoms with Gasteiger partial charge >= 0.3 is 0 Å². The predicted octanol–water partition coefficient (Wildman–Crippen LogP) is 2.92. The Labute approximate surface area is 137 Å². The lowest BCUT2D eigenvalue weighted by Gasteiger charge is -2.30. The Hall–Kier alpha value is -2.37. The fourth-order valence-corrected chi connectivity index (χ4v) is 2.71. The summed E-state index contributed by atoms with van der Waals surface area (Å²) in [5.74, 6) is 2.24. The van der Waals surface area contributed by atoms with Crippen molar-refractivity contribution in [2.24, 2.45) is 5.92 Å². The van der Waals surface area contributed by atoms with Crippen molar-refractivity contribution in [1.82, 2.24) is 15.2 Å². The number of anilines is 4. The van der Waals surface area contributed by atoms with Crippen molar-refractivity contribution in [3.63, 3.8) is 0 Å². The molecular weight excluding hydrogens is 288 g/mol. The molecule has 122 valence electrons. The lowest BCUT2D eigenvalue weighted by atomic mass is 9.99. The molecule has 0 atom stereocenters. The van der Waals surface area contributed by atoms with E-state index in [1.807, 2.05) is 26.2 Å². The summed E-state index contributed by atoms with van der Waals surface area (Å²) in [6, 6.07) is 8.17. The topological polar surface area (TPSA) is 57.2 Å². The molecule has 2 heterocycles. The van der Waals surface area contributed by atoms with E-state index in [1.54, 1.807) is 6.20 Å². The Morgan fingerprint density at radius 1 is 1.13 bits per heavy atom. The summed E-state index contributed by atoms with van der Waals surface area (Å²) in [6.07, 6.45) is 4.16. The molecule has 0 aliphatic carbocycles. The van der Waals surface area contributed by atoms with E-state index < -0.39 is 0 Å². The summed E-state index contributed by atoms with van der Waals surface area (Å²) in [5.41, 5.74) is 2.12. The third kappa shape index (κ3) is 3.88. The van der Waals surface area contributed by atoms with Gasteiger partial charge in [-0.2, -0.15) is 10.1 Å². The molecule has 0 radical (unpaired) electrons. The highest BCUT2D eigenvalue weighted by molar-refractivity contribution is 5.59. The van der Waals surface area contributed by atoms with Crippen molar-refractivity contribution in [3.8, 4) is 0 Å².